The van der Waals surface area contributed by atoms with Crippen molar-refractivity contribution in [3.05, 3.63) is 78.4 Å². The zero-order valence-corrected chi connectivity index (χ0v) is 15.4. The number of likely N-dealkylation sites (tertiary alicyclic amines) is 1. The van der Waals surface area contributed by atoms with Gasteiger partial charge in [-0.05, 0) is 29.9 Å². The van der Waals surface area contributed by atoms with E-state index in [2.05, 4.69) is 51.9 Å². The third-order valence-corrected chi connectivity index (χ3v) is 5.21. The summed E-state index contributed by atoms with van der Waals surface area (Å²) in [7, 11) is 0. The molecule has 1 saturated heterocycles. The summed E-state index contributed by atoms with van der Waals surface area (Å²) < 4.78 is 0. The van der Waals surface area contributed by atoms with E-state index in [0.717, 1.165) is 48.9 Å². The number of nitrogens with zero attached hydrogens (tertiary/aromatic N) is 1. The quantitative estimate of drug-likeness (QED) is 0.713. The molecule has 138 valence electrons. The van der Waals surface area contributed by atoms with Crippen molar-refractivity contribution in [2.75, 3.05) is 18.4 Å². The summed E-state index contributed by atoms with van der Waals surface area (Å²) in [4.78, 5) is 14.9. The highest BCUT2D eigenvalue weighted by Gasteiger charge is 2.20. The van der Waals surface area contributed by atoms with Gasteiger partial charge in [-0.1, -0.05) is 66.7 Å². The van der Waals surface area contributed by atoms with Gasteiger partial charge in [-0.3, -0.25) is 4.90 Å². The van der Waals surface area contributed by atoms with Crippen LogP contribution in [-0.4, -0.2) is 30.1 Å². The number of piperidine rings is 1. The third kappa shape index (κ3) is 4.47. The molecule has 4 rings (SSSR count). The number of benzene rings is 3. The van der Waals surface area contributed by atoms with Gasteiger partial charge in [0.2, 0.25) is 0 Å². The number of carbonyl (C=O) groups is 1. The average Bonchev–Trinajstić information content (AvgIpc) is 2.71. The van der Waals surface area contributed by atoms with Gasteiger partial charge < -0.3 is 10.6 Å². The van der Waals surface area contributed by atoms with Crippen molar-refractivity contribution in [1.29, 1.82) is 0 Å². The molecule has 3 aromatic carbocycles. The SMILES string of the molecule is O=C(Nc1cccc2ccccc12)NC1CCN(Cc2ccccc2)CC1. The Morgan fingerprint density at radius 2 is 1.59 bits per heavy atom. The Labute approximate surface area is 160 Å². The molecule has 1 aliphatic rings. The fourth-order valence-electron chi connectivity index (χ4n) is 3.76. The normalized spacial score (nSPS) is 15.6. The molecule has 27 heavy (non-hydrogen) atoms. The molecule has 1 aliphatic heterocycles. The maximum atomic E-state index is 12.5. The molecule has 0 atom stereocenters. The Morgan fingerprint density at radius 1 is 0.889 bits per heavy atom. The van der Waals surface area contributed by atoms with Crippen LogP contribution in [-0.2, 0) is 6.54 Å². The molecule has 0 spiro atoms. The van der Waals surface area contributed by atoms with Crippen LogP contribution in [0.2, 0.25) is 0 Å². The van der Waals surface area contributed by atoms with Crippen molar-refractivity contribution in [3.63, 3.8) is 0 Å². The molecule has 0 saturated carbocycles. The number of urea groups is 1. The van der Waals surface area contributed by atoms with Gasteiger partial charge in [-0.2, -0.15) is 0 Å². The molecular formula is C23H25N3O. The molecule has 0 bridgehead atoms. The molecule has 2 N–H and O–H groups in total. The number of fused-ring (bicyclic) bond motifs is 1. The molecule has 0 aromatic heterocycles. The van der Waals surface area contributed by atoms with Crippen molar-refractivity contribution in [2.24, 2.45) is 0 Å². The molecule has 4 heteroatoms. The number of rotatable bonds is 4. The summed E-state index contributed by atoms with van der Waals surface area (Å²) in [5.74, 6) is 0. The molecule has 1 fully saturated rings. The molecular weight excluding hydrogens is 334 g/mol. The first kappa shape index (κ1) is 17.6. The second-order valence-corrected chi connectivity index (χ2v) is 7.16. The van der Waals surface area contributed by atoms with Gasteiger partial charge >= 0.3 is 6.03 Å². The van der Waals surface area contributed by atoms with Crippen LogP contribution in [0.15, 0.2) is 72.8 Å². The van der Waals surface area contributed by atoms with Crippen LogP contribution in [0, 0.1) is 0 Å². The highest BCUT2D eigenvalue weighted by Crippen LogP contribution is 2.23. The van der Waals surface area contributed by atoms with Crippen LogP contribution in [0.5, 0.6) is 0 Å². The minimum absolute atomic E-state index is 0.118. The van der Waals surface area contributed by atoms with Crippen LogP contribution in [0.3, 0.4) is 0 Å². The number of hydrogen-bond acceptors (Lipinski definition) is 2. The molecule has 0 unspecified atom stereocenters. The molecule has 2 amide bonds. The monoisotopic (exact) mass is 359 g/mol. The van der Waals surface area contributed by atoms with E-state index in [1.807, 2.05) is 36.4 Å². The topological polar surface area (TPSA) is 44.4 Å². The van der Waals surface area contributed by atoms with Crippen molar-refractivity contribution < 1.29 is 4.79 Å². The Bertz CT molecular complexity index is 896. The first-order valence-corrected chi connectivity index (χ1v) is 9.59. The minimum Gasteiger partial charge on any atom is -0.335 e. The molecule has 0 aliphatic carbocycles. The third-order valence-electron chi connectivity index (χ3n) is 5.21. The zero-order valence-electron chi connectivity index (χ0n) is 15.4. The van der Waals surface area contributed by atoms with Crippen LogP contribution in [0.1, 0.15) is 18.4 Å². The van der Waals surface area contributed by atoms with E-state index in [9.17, 15) is 4.79 Å². The summed E-state index contributed by atoms with van der Waals surface area (Å²) in [6, 6.07) is 24.7. The zero-order chi connectivity index (χ0) is 18.5. The summed E-state index contributed by atoms with van der Waals surface area (Å²) in [5, 5.41) is 8.35. The van der Waals surface area contributed by atoms with Crippen LogP contribution >= 0.6 is 0 Å². The Morgan fingerprint density at radius 3 is 2.41 bits per heavy atom. The average molecular weight is 359 g/mol. The molecule has 0 radical (unpaired) electrons. The van der Waals surface area contributed by atoms with Crippen molar-refractivity contribution in [1.82, 2.24) is 10.2 Å². The summed E-state index contributed by atoms with van der Waals surface area (Å²) in [5.41, 5.74) is 2.20. The van der Waals surface area contributed by atoms with Gasteiger partial charge in [0.1, 0.15) is 0 Å². The number of anilines is 1. The lowest BCUT2D eigenvalue weighted by atomic mass is 10.0. The van der Waals surface area contributed by atoms with Crippen molar-refractivity contribution in [3.8, 4) is 0 Å². The second-order valence-electron chi connectivity index (χ2n) is 7.16. The second kappa shape index (κ2) is 8.23. The maximum absolute atomic E-state index is 12.5. The van der Waals surface area contributed by atoms with Crippen LogP contribution in [0.4, 0.5) is 10.5 Å². The molecule has 4 nitrogen and oxygen atoms in total. The number of hydrogen-bond donors (Lipinski definition) is 2. The highest BCUT2D eigenvalue weighted by molar-refractivity contribution is 6.01. The Hall–Kier alpha value is -2.85. The largest absolute Gasteiger partial charge is 0.335 e. The minimum atomic E-state index is -0.118. The van der Waals surface area contributed by atoms with Crippen LogP contribution < -0.4 is 10.6 Å². The van der Waals surface area contributed by atoms with E-state index in [1.165, 1.54) is 5.56 Å². The molecule has 1 heterocycles. The summed E-state index contributed by atoms with van der Waals surface area (Å²) >= 11 is 0. The van der Waals surface area contributed by atoms with E-state index in [0.29, 0.717) is 0 Å². The standard InChI is InChI=1S/C23H25N3O/c27-23(25-22-12-6-10-19-9-4-5-11-21(19)22)24-20-13-15-26(16-14-20)17-18-7-2-1-3-8-18/h1-12,20H,13-17H2,(H2,24,25,27). The fourth-order valence-corrected chi connectivity index (χ4v) is 3.76. The van der Waals surface area contributed by atoms with E-state index >= 15 is 0 Å². The lowest BCUT2D eigenvalue weighted by Crippen LogP contribution is -2.45. The lowest BCUT2D eigenvalue weighted by Gasteiger charge is -2.32. The Balaban J connectivity index is 1.29. The highest BCUT2D eigenvalue weighted by atomic mass is 16.2. The smallest absolute Gasteiger partial charge is 0.319 e. The predicted molar refractivity (Wildman–Crippen MR) is 111 cm³/mol. The van der Waals surface area contributed by atoms with E-state index in [1.54, 1.807) is 0 Å². The Kier molecular flexibility index (Phi) is 5.35. The van der Waals surface area contributed by atoms with E-state index in [-0.39, 0.29) is 12.1 Å². The first-order chi connectivity index (χ1) is 13.3. The van der Waals surface area contributed by atoms with Gasteiger partial charge in [0.15, 0.2) is 0 Å². The summed E-state index contributed by atoms with van der Waals surface area (Å²) in [6.07, 6.45) is 1.96. The number of carbonyl (C=O) groups excluding carboxylic acids is 1. The van der Waals surface area contributed by atoms with Crippen molar-refractivity contribution >= 4 is 22.5 Å². The number of amides is 2. The summed E-state index contributed by atoms with van der Waals surface area (Å²) in [6.45, 7) is 3.00. The predicted octanol–water partition coefficient (Wildman–Crippen LogP) is 4.63. The fraction of sp³-hybridized carbons (Fsp3) is 0.261. The van der Waals surface area contributed by atoms with Crippen LogP contribution in [0.25, 0.3) is 10.8 Å². The number of nitrogens with one attached hydrogen (secondary N) is 2. The molecule has 3 aromatic rings. The maximum Gasteiger partial charge on any atom is 0.319 e. The van der Waals surface area contributed by atoms with Gasteiger partial charge in [0.05, 0.1) is 5.69 Å². The van der Waals surface area contributed by atoms with Gasteiger partial charge in [0, 0.05) is 31.1 Å². The lowest BCUT2D eigenvalue weighted by molar-refractivity contribution is 0.190. The van der Waals surface area contributed by atoms with Gasteiger partial charge in [-0.15, -0.1) is 0 Å². The van der Waals surface area contributed by atoms with Gasteiger partial charge in [-0.25, -0.2) is 4.79 Å². The first-order valence-electron chi connectivity index (χ1n) is 9.59. The van der Waals surface area contributed by atoms with Crippen molar-refractivity contribution in [2.45, 2.75) is 25.4 Å². The van der Waals surface area contributed by atoms with Gasteiger partial charge in [0.25, 0.3) is 0 Å². The van der Waals surface area contributed by atoms with E-state index in [4.69, 9.17) is 0 Å². The van der Waals surface area contributed by atoms with E-state index < -0.39 is 0 Å².